The summed E-state index contributed by atoms with van der Waals surface area (Å²) in [5.74, 6) is -1.05. The summed E-state index contributed by atoms with van der Waals surface area (Å²) in [6.45, 7) is 1.42. The number of nitrogens with one attached hydrogen (secondary N) is 1. The molecule has 1 rings (SSSR count). The van der Waals surface area contributed by atoms with Crippen LogP contribution in [0.15, 0.2) is 23.1 Å². The molecule has 0 aliphatic rings. The molecule has 1 amide bonds. The lowest BCUT2D eigenvalue weighted by atomic mass is 10.1. The molecule has 0 bridgehead atoms. The number of carboxylic acids is 1. The fourth-order valence-corrected chi connectivity index (χ4v) is 1.84. The van der Waals surface area contributed by atoms with Crippen LogP contribution in [-0.2, 0) is 16.0 Å². The molecule has 0 heterocycles. The Morgan fingerprint density at radius 2 is 2.06 bits per heavy atom. The molecule has 0 saturated carbocycles. The van der Waals surface area contributed by atoms with Crippen LogP contribution in [0.25, 0.3) is 0 Å². The topological polar surface area (TPSA) is 66.4 Å². The van der Waals surface area contributed by atoms with Crippen LogP contribution < -0.4 is 5.32 Å². The third-order valence-electron chi connectivity index (χ3n) is 1.88. The number of anilines is 1. The largest absolute Gasteiger partial charge is 0.481 e. The van der Waals surface area contributed by atoms with E-state index in [2.05, 4.69) is 5.32 Å². The van der Waals surface area contributed by atoms with Crippen molar-refractivity contribution in [3.63, 3.8) is 0 Å². The first kappa shape index (κ1) is 12.6. The lowest BCUT2D eigenvalue weighted by Gasteiger charge is -2.07. The average Bonchev–Trinajstić information content (AvgIpc) is 2.14. The standard InChI is InChI=1S/C11H13NO3S/c1-7(13)12-9-3-8(5-11(14)15)4-10(6-9)16-2/h3-4,6H,5H2,1-2H3,(H,12,13)(H,14,15). The van der Waals surface area contributed by atoms with Crippen molar-refractivity contribution in [2.24, 2.45) is 0 Å². The second-order valence-corrected chi connectivity index (χ2v) is 4.20. The molecule has 0 aliphatic heterocycles. The molecule has 0 atom stereocenters. The fourth-order valence-electron chi connectivity index (χ4n) is 1.33. The highest BCUT2D eigenvalue weighted by molar-refractivity contribution is 7.98. The van der Waals surface area contributed by atoms with Crippen molar-refractivity contribution >= 4 is 29.3 Å². The predicted octanol–water partition coefficient (Wildman–Crippen LogP) is 1.99. The van der Waals surface area contributed by atoms with E-state index in [9.17, 15) is 9.59 Å². The highest BCUT2D eigenvalue weighted by Crippen LogP contribution is 2.22. The molecule has 0 spiro atoms. The quantitative estimate of drug-likeness (QED) is 0.789. The monoisotopic (exact) mass is 239 g/mol. The average molecular weight is 239 g/mol. The van der Waals surface area contributed by atoms with Crippen LogP contribution in [0, 0.1) is 0 Å². The maximum absolute atomic E-state index is 10.9. The lowest BCUT2D eigenvalue weighted by Crippen LogP contribution is -2.07. The number of thioether (sulfide) groups is 1. The van der Waals surface area contributed by atoms with E-state index in [4.69, 9.17) is 5.11 Å². The van der Waals surface area contributed by atoms with Gasteiger partial charge in [-0.2, -0.15) is 0 Å². The normalized spacial score (nSPS) is 9.88. The zero-order valence-electron chi connectivity index (χ0n) is 9.11. The Balaban J connectivity index is 3.00. The molecule has 0 unspecified atom stereocenters. The Morgan fingerprint density at radius 3 is 2.56 bits per heavy atom. The minimum atomic E-state index is -0.882. The van der Waals surface area contributed by atoms with Gasteiger partial charge in [-0.25, -0.2) is 0 Å². The first-order valence-corrected chi connectivity index (χ1v) is 5.91. The van der Waals surface area contributed by atoms with E-state index in [1.54, 1.807) is 6.07 Å². The zero-order valence-corrected chi connectivity index (χ0v) is 9.93. The molecular formula is C11H13NO3S. The SMILES string of the molecule is CSc1cc(CC(=O)O)cc(NC(C)=O)c1. The van der Waals surface area contributed by atoms with E-state index in [-0.39, 0.29) is 12.3 Å². The summed E-state index contributed by atoms with van der Waals surface area (Å²) < 4.78 is 0. The van der Waals surface area contributed by atoms with Crippen molar-refractivity contribution in [3.8, 4) is 0 Å². The third-order valence-corrected chi connectivity index (χ3v) is 2.58. The summed E-state index contributed by atoms with van der Waals surface area (Å²) in [5.41, 5.74) is 1.32. The van der Waals surface area contributed by atoms with Crippen molar-refractivity contribution in [1.82, 2.24) is 0 Å². The Labute approximate surface area is 98.0 Å². The number of amides is 1. The Bertz CT molecular complexity index is 383. The van der Waals surface area contributed by atoms with Crippen LogP contribution >= 0.6 is 11.8 Å². The van der Waals surface area contributed by atoms with Crippen LogP contribution in [0.1, 0.15) is 12.5 Å². The van der Waals surface area contributed by atoms with Crippen LogP contribution in [0.4, 0.5) is 5.69 Å². The van der Waals surface area contributed by atoms with Crippen molar-refractivity contribution in [2.75, 3.05) is 11.6 Å². The maximum atomic E-state index is 10.9. The Kier molecular flexibility index (Phi) is 4.37. The van der Waals surface area contributed by atoms with E-state index in [1.165, 1.54) is 18.7 Å². The molecule has 0 fully saturated rings. The number of rotatable bonds is 4. The van der Waals surface area contributed by atoms with Gasteiger partial charge in [0.25, 0.3) is 0 Å². The van der Waals surface area contributed by atoms with Gasteiger partial charge in [-0.05, 0) is 30.0 Å². The van der Waals surface area contributed by atoms with Gasteiger partial charge in [0.15, 0.2) is 0 Å². The minimum absolute atomic E-state index is 0.0407. The van der Waals surface area contributed by atoms with Gasteiger partial charge in [-0.15, -0.1) is 11.8 Å². The summed E-state index contributed by atoms with van der Waals surface area (Å²) in [7, 11) is 0. The summed E-state index contributed by atoms with van der Waals surface area (Å²) in [5, 5.41) is 11.4. The Hall–Kier alpha value is -1.49. The molecule has 1 aromatic rings. The summed E-state index contributed by atoms with van der Waals surface area (Å²) in [6, 6.07) is 5.30. The van der Waals surface area contributed by atoms with Crippen molar-refractivity contribution in [3.05, 3.63) is 23.8 Å². The van der Waals surface area contributed by atoms with E-state index in [1.807, 2.05) is 18.4 Å². The highest BCUT2D eigenvalue weighted by atomic mass is 32.2. The third kappa shape index (κ3) is 3.94. The molecule has 86 valence electrons. The summed E-state index contributed by atoms with van der Waals surface area (Å²) in [6.07, 6.45) is 1.86. The summed E-state index contributed by atoms with van der Waals surface area (Å²) >= 11 is 1.51. The number of aliphatic carboxylic acids is 1. The molecule has 4 nitrogen and oxygen atoms in total. The van der Waals surface area contributed by atoms with E-state index in [0.717, 1.165) is 4.90 Å². The van der Waals surface area contributed by atoms with Gasteiger partial charge in [-0.3, -0.25) is 9.59 Å². The van der Waals surface area contributed by atoms with E-state index < -0.39 is 5.97 Å². The van der Waals surface area contributed by atoms with E-state index in [0.29, 0.717) is 11.3 Å². The molecule has 0 aromatic heterocycles. The van der Waals surface area contributed by atoms with Gasteiger partial charge in [0.05, 0.1) is 6.42 Å². The zero-order chi connectivity index (χ0) is 12.1. The van der Waals surface area contributed by atoms with Gasteiger partial charge >= 0.3 is 5.97 Å². The van der Waals surface area contributed by atoms with Gasteiger partial charge in [0.2, 0.25) is 5.91 Å². The van der Waals surface area contributed by atoms with Crippen LogP contribution in [-0.4, -0.2) is 23.2 Å². The van der Waals surface area contributed by atoms with E-state index >= 15 is 0 Å². The molecule has 1 aromatic carbocycles. The molecule has 2 N–H and O–H groups in total. The van der Waals surface area contributed by atoms with Gasteiger partial charge in [-0.1, -0.05) is 0 Å². The summed E-state index contributed by atoms with van der Waals surface area (Å²) in [4.78, 5) is 22.5. The molecular weight excluding hydrogens is 226 g/mol. The molecule has 0 aliphatic carbocycles. The Morgan fingerprint density at radius 1 is 1.38 bits per heavy atom. The molecule has 5 heteroatoms. The van der Waals surface area contributed by atoms with Gasteiger partial charge in [0.1, 0.15) is 0 Å². The first-order valence-electron chi connectivity index (χ1n) is 4.68. The maximum Gasteiger partial charge on any atom is 0.307 e. The fraction of sp³-hybridized carbons (Fsp3) is 0.273. The number of carboxylic acid groups (broad SMARTS) is 1. The molecule has 0 saturated heterocycles. The number of hydrogen-bond acceptors (Lipinski definition) is 3. The second kappa shape index (κ2) is 5.55. The van der Waals surface area contributed by atoms with Gasteiger partial charge < -0.3 is 10.4 Å². The number of carbonyl (C=O) groups is 2. The lowest BCUT2D eigenvalue weighted by molar-refractivity contribution is -0.136. The van der Waals surface area contributed by atoms with Crippen LogP contribution in [0.3, 0.4) is 0 Å². The first-order chi connectivity index (χ1) is 7.51. The molecule has 0 radical (unpaired) electrons. The van der Waals surface area contributed by atoms with Crippen LogP contribution in [0.2, 0.25) is 0 Å². The molecule has 16 heavy (non-hydrogen) atoms. The highest BCUT2D eigenvalue weighted by Gasteiger charge is 2.05. The minimum Gasteiger partial charge on any atom is -0.481 e. The smallest absolute Gasteiger partial charge is 0.307 e. The predicted molar refractivity (Wildman–Crippen MR) is 63.9 cm³/mol. The van der Waals surface area contributed by atoms with Crippen molar-refractivity contribution in [1.29, 1.82) is 0 Å². The number of benzene rings is 1. The van der Waals surface area contributed by atoms with Crippen molar-refractivity contribution < 1.29 is 14.7 Å². The van der Waals surface area contributed by atoms with Crippen molar-refractivity contribution in [2.45, 2.75) is 18.2 Å². The second-order valence-electron chi connectivity index (χ2n) is 3.32. The van der Waals surface area contributed by atoms with Gasteiger partial charge in [0, 0.05) is 17.5 Å². The number of hydrogen-bond donors (Lipinski definition) is 2. The number of carbonyl (C=O) groups excluding carboxylic acids is 1. The van der Waals surface area contributed by atoms with Crippen LogP contribution in [0.5, 0.6) is 0 Å².